The van der Waals surface area contributed by atoms with Gasteiger partial charge in [0.15, 0.2) is 0 Å². The zero-order valence-corrected chi connectivity index (χ0v) is 17.1. The number of rotatable bonds is 2. The van der Waals surface area contributed by atoms with E-state index in [1.807, 2.05) is 0 Å². The number of aliphatic imine (C=N–C) groups is 2. The number of hydrogen-bond donors (Lipinski definition) is 4. The molecule has 0 radical (unpaired) electrons. The van der Waals surface area contributed by atoms with Gasteiger partial charge in [0.2, 0.25) is 11.9 Å². The van der Waals surface area contributed by atoms with Crippen molar-refractivity contribution in [2.24, 2.45) is 21.5 Å². The maximum Gasteiger partial charge on any atom is 0.220 e. The molecule has 0 saturated heterocycles. The highest BCUT2D eigenvalue weighted by Gasteiger charge is 2.42. The van der Waals surface area contributed by atoms with Crippen LogP contribution in [-0.4, -0.2) is 24.1 Å². The molecule has 7 heteroatoms. The number of benzene rings is 2. The monoisotopic (exact) mass is 403 g/mol. The molecule has 30 heavy (non-hydrogen) atoms. The van der Waals surface area contributed by atoms with E-state index in [4.69, 9.17) is 16.5 Å². The largest absolute Gasteiger partial charge is 0.383 e. The molecule has 1 unspecified atom stereocenters. The Morgan fingerprint density at radius 3 is 2.43 bits per heavy atom. The average molecular weight is 404 g/mol. The average Bonchev–Trinajstić information content (AvgIpc) is 2.97. The fourth-order valence-corrected chi connectivity index (χ4v) is 4.97. The predicted molar refractivity (Wildman–Crippen MR) is 124 cm³/mol. The third kappa shape index (κ3) is 3.34. The molecular weight excluding hydrogens is 374 g/mol. The minimum atomic E-state index is -0.404. The number of hydrogen-bond acceptors (Lipinski definition) is 7. The lowest BCUT2D eigenvalue weighted by Crippen LogP contribution is -2.58. The summed E-state index contributed by atoms with van der Waals surface area (Å²) in [6, 6.07) is 17.3. The molecule has 2 heterocycles. The van der Waals surface area contributed by atoms with Gasteiger partial charge in [-0.15, -0.1) is 0 Å². The molecule has 156 valence electrons. The van der Waals surface area contributed by atoms with Crippen LogP contribution in [0.2, 0.25) is 0 Å². The van der Waals surface area contributed by atoms with Crippen LogP contribution >= 0.6 is 0 Å². The van der Waals surface area contributed by atoms with Crippen LogP contribution in [0.1, 0.15) is 50.1 Å². The van der Waals surface area contributed by atoms with Crippen LogP contribution < -0.4 is 27.0 Å². The molecule has 1 saturated carbocycles. The van der Waals surface area contributed by atoms with Gasteiger partial charge in [-0.3, -0.25) is 4.90 Å². The first kappa shape index (κ1) is 18.8. The molecule has 3 aliphatic rings. The molecule has 7 nitrogen and oxygen atoms in total. The summed E-state index contributed by atoms with van der Waals surface area (Å²) in [5.74, 6) is 0.721. The smallest absolute Gasteiger partial charge is 0.220 e. The van der Waals surface area contributed by atoms with Crippen LogP contribution in [0.5, 0.6) is 0 Å². The van der Waals surface area contributed by atoms with E-state index in [9.17, 15) is 0 Å². The van der Waals surface area contributed by atoms with Crippen molar-refractivity contribution >= 4 is 29.0 Å². The van der Waals surface area contributed by atoms with E-state index >= 15 is 0 Å². The van der Waals surface area contributed by atoms with Crippen LogP contribution in [0, 0.1) is 0 Å². The molecule has 1 atom stereocenters. The predicted octanol–water partition coefficient (Wildman–Crippen LogP) is 3.77. The second-order valence-corrected chi connectivity index (χ2v) is 8.37. The number of nitrogens with two attached hydrogens (primary N) is 2. The molecule has 1 spiro atoms. The van der Waals surface area contributed by atoms with E-state index in [0.717, 1.165) is 55.7 Å². The Morgan fingerprint density at radius 2 is 1.67 bits per heavy atom. The van der Waals surface area contributed by atoms with Crippen LogP contribution in [0.15, 0.2) is 58.5 Å². The van der Waals surface area contributed by atoms with E-state index in [0.29, 0.717) is 5.96 Å². The summed E-state index contributed by atoms with van der Waals surface area (Å²) in [7, 11) is 0. The maximum absolute atomic E-state index is 6.36. The van der Waals surface area contributed by atoms with Crippen molar-refractivity contribution in [1.29, 1.82) is 0 Å². The van der Waals surface area contributed by atoms with Crippen molar-refractivity contribution in [3.8, 4) is 0 Å². The zero-order chi connectivity index (χ0) is 20.6. The van der Waals surface area contributed by atoms with Gasteiger partial charge < -0.3 is 22.1 Å². The molecule has 0 bridgehead atoms. The third-order valence-electron chi connectivity index (χ3n) is 6.41. The Kier molecular flexibility index (Phi) is 4.73. The topological polar surface area (TPSA) is 104 Å². The van der Waals surface area contributed by atoms with Crippen LogP contribution in [-0.2, 0) is 0 Å². The van der Waals surface area contributed by atoms with Crippen LogP contribution in [0.3, 0.4) is 0 Å². The summed E-state index contributed by atoms with van der Waals surface area (Å²) in [6.45, 7) is 0.930. The Morgan fingerprint density at radius 1 is 0.933 bits per heavy atom. The van der Waals surface area contributed by atoms with Crippen molar-refractivity contribution < 1.29 is 0 Å². The van der Waals surface area contributed by atoms with Gasteiger partial charge in [0.25, 0.3) is 0 Å². The molecule has 1 fully saturated rings. The SMILES string of the molecule is NC1=NC2(CCCCC2)N(c2ccc(C3CCNc4ccccc4N3)cc2)C(N)=N1. The Bertz CT molecular complexity index is 973. The van der Waals surface area contributed by atoms with Crippen molar-refractivity contribution in [1.82, 2.24) is 0 Å². The molecule has 1 aliphatic carbocycles. The maximum atomic E-state index is 6.36. The lowest BCUT2D eigenvalue weighted by molar-refractivity contribution is 0.305. The standard InChI is InChI=1S/C23H29N7/c24-21-28-22(25)30(23(29-21)13-4-1-5-14-23)17-10-8-16(9-11-17)18-12-15-26-19-6-2-3-7-20(19)27-18/h2-3,6-11,18,26-27H,1,4-5,12-15H2,(H4,24,25,28,29). The minimum Gasteiger partial charge on any atom is -0.383 e. The van der Waals surface area contributed by atoms with Gasteiger partial charge in [-0.25, -0.2) is 4.99 Å². The number of nitrogens with zero attached hydrogens (tertiary/aromatic N) is 3. The summed E-state index contributed by atoms with van der Waals surface area (Å²) < 4.78 is 0. The van der Waals surface area contributed by atoms with E-state index < -0.39 is 5.66 Å². The number of fused-ring (bicyclic) bond motifs is 1. The Labute approximate surface area is 177 Å². The van der Waals surface area contributed by atoms with E-state index in [-0.39, 0.29) is 12.0 Å². The van der Waals surface area contributed by atoms with Crippen molar-refractivity contribution in [2.75, 3.05) is 22.1 Å². The Hall–Kier alpha value is -3.22. The third-order valence-corrected chi connectivity index (χ3v) is 6.41. The normalized spacial score (nSPS) is 22.8. The second kappa shape index (κ2) is 7.55. The molecule has 6 N–H and O–H groups in total. The fraction of sp³-hybridized carbons (Fsp3) is 0.391. The summed E-state index contributed by atoms with van der Waals surface area (Å²) in [6.07, 6.45) is 6.36. The van der Waals surface area contributed by atoms with Gasteiger partial charge in [0.05, 0.1) is 17.4 Å². The highest BCUT2D eigenvalue weighted by atomic mass is 15.4. The number of nitrogens with one attached hydrogen (secondary N) is 2. The van der Waals surface area contributed by atoms with Gasteiger partial charge in [-0.2, -0.15) is 4.99 Å². The van der Waals surface area contributed by atoms with Crippen LogP contribution in [0.4, 0.5) is 17.1 Å². The van der Waals surface area contributed by atoms with E-state index in [1.165, 1.54) is 12.0 Å². The molecule has 2 aliphatic heterocycles. The van der Waals surface area contributed by atoms with E-state index in [2.05, 4.69) is 69.1 Å². The first-order valence-electron chi connectivity index (χ1n) is 10.8. The molecular formula is C23H29N7. The number of anilines is 3. The number of para-hydroxylation sites is 2. The summed E-state index contributed by atoms with van der Waals surface area (Å²) >= 11 is 0. The lowest BCUT2D eigenvalue weighted by Gasteiger charge is -2.45. The summed E-state index contributed by atoms with van der Waals surface area (Å²) in [4.78, 5) is 11.1. The number of guanidine groups is 2. The molecule has 0 amide bonds. The highest BCUT2D eigenvalue weighted by molar-refractivity contribution is 6.05. The first-order valence-corrected chi connectivity index (χ1v) is 10.8. The molecule has 2 aromatic rings. The molecule has 2 aromatic carbocycles. The zero-order valence-electron chi connectivity index (χ0n) is 17.1. The van der Waals surface area contributed by atoms with Gasteiger partial charge in [-0.05, 0) is 61.9 Å². The first-order chi connectivity index (χ1) is 14.6. The van der Waals surface area contributed by atoms with Crippen LogP contribution in [0.25, 0.3) is 0 Å². The van der Waals surface area contributed by atoms with Crippen molar-refractivity contribution in [3.05, 3.63) is 54.1 Å². The summed E-state index contributed by atoms with van der Waals surface area (Å²) in [5.41, 5.74) is 16.5. The quantitative estimate of drug-likeness (QED) is 0.611. The van der Waals surface area contributed by atoms with Gasteiger partial charge >= 0.3 is 0 Å². The van der Waals surface area contributed by atoms with Gasteiger partial charge in [-0.1, -0.05) is 30.7 Å². The van der Waals surface area contributed by atoms with Crippen molar-refractivity contribution in [2.45, 2.75) is 50.2 Å². The summed E-state index contributed by atoms with van der Waals surface area (Å²) in [5, 5.41) is 7.19. The lowest BCUT2D eigenvalue weighted by atomic mass is 9.87. The molecule has 0 aromatic heterocycles. The highest BCUT2D eigenvalue weighted by Crippen LogP contribution is 2.40. The van der Waals surface area contributed by atoms with Gasteiger partial charge in [0, 0.05) is 12.2 Å². The van der Waals surface area contributed by atoms with E-state index in [1.54, 1.807) is 0 Å². The second-order valence-electron chi connectivity index (χ2n) is 8.37. The van der Waals surface area contributed by atoms with Crippen molar-refractivity contribution in [3.63, 3.8) is 0 Å². The fourth-order valence-electron chi connectivity index (χ4n) is 4.97. The molecule has 5 rings (SSSR count). The minimum absolute atomic E-state index is 0.250. The van der Waals surface area contributed by atoms with Gasteiger partial charge in [0.1, 0.15) is 5.66 Å². The Balaban J connectivity index is 1.42.